The maximum absolute atomic E-state index is 13.1. The predicted molar refractivity (Wildman–Crippen MR) is 497 cm³/mol. The second kappa shape index (κ2) is 40.8. The summed E-state index contributed by atoms with van der Waals surface area (Å²) in [5, 5.41) is 91.1. The van der Waals surface area contributed by atoms with Crippen molar-refractivity contribution in [1.82, 2.24) is 88.6 Å². The van der Waals surface area contributed by atoms with Gasteiger partial charge in [0.2, 0.25) is 0 Å². The fourth-order valence-corrected chi connectivity index (χ4v) is 14.4. The van der Waals surface area contributed by atoms with Gasteiger partial charge in [0.1, 0.15) is 17.3 Å². The van der Waals surface area contributed by atoms with Crippen LogP contribution in [0.15, 0.2) is 303 Å². The van der Waals surface area contributed by atoms with Crippen molar-refractivity contribution in [1.29, 1.82) is 0 Å². The second-order valence-corrected chi connectivity index (χ2v) is 30.3. The van der Waals surface area contributed by atoms with Crippen molar-refractivity contribution in [2.45, 2.75) is 40.8 Å². The van der Waals surface area contributed by atoms with E-state index in [-0.39, 0.29) is 50.2 Å². The lowest BCUT2D eigenvalue weighted by molar-refractivity contribution is 0.0597. The summed E-state index contributed by atoms with van der Waals surface area (Å²) in [5.74, 6) is -2.93. The van der Waals surface area contributed by atoms with Gasteiger partial charge < -0.3 is 40.5 Å². The van der Waals surface area contributed by atoms with Crippen molar-refractivity contribution in [3.63, 3.8) is 0 Å². The van der Waals surface area contributed by atoms with Crippen molar-refractivity contribution in [3.8, 4) is 114 Å². The Bertz CT molecular complexity index is 7590. The summed E-state index contributed by atoms with van der Waals surface area (Å²) in [6.07, 6.45) is 22.6. The number of rotatable bonds is 18. The molecule has 0 fully saturated rings. The number of hydrogen-bond donors (Lipinski definition) is 7. The normalized spacial score (nSPS) is 11.2. The Hall–Kier alpha value is -18.5. The summed E-state index contributed by atoms with van der Waals surface area (Å²) >= 11 is 5.84. The molecule has 14 heterocycles. The molecule has 135 heavy (non-hydrogen) atoms. The zero-order valence-electron chi connectivity index (χ0n) is 72.0. The number of halogens is 2. The number of benzene rings is 6. The van der Waals surface area contributed by atoms with Crippen LogP contribution in [0.25, 0.3) is 102 Å². The topological polar surface area (TPSA) is 462 Å². The van der Waals surface area contributed by atoms with Gasteiger partial charge in [-0.1, -0.05) is 84.4 Å². The number of fused-ring (bicyclic) bond motifs is 2. The molecule has 2 aliphatic rings. The van der Waals surface area contributed by atoms with Crippen LogP contribution in [0.1, 0.15) is 107 Å². The number of esters is 1. The van der Waals surface area contributed by atoms with Crippen LogP contribution in [0.5, 0.6) is 11.5 Å². The van der Waals surface area contributed by atoms with Gasteiger partial charge in [-0.3, -0.25) is 9.98 Å². The molecule has 0 saturated carbocycles. The first-order valence-corrected chi connectivity index (χ1v) is 41.3. The number of aromatic nitrogens is 18. The lowest BCUT2D eigenvalue weighted by atomic mass is 10.0. The van der Waals surface area contributed by atoms with Crippen LogP contribution < -0.4 is 0 Å². The Labute approximate surface area is 771 Å². The Kier molecular flexibility index (Phi) is 27.6. The van der Waals surface area contributed by atoms with E-state index in [4.69, 9.17) is 41.9 Å². The third-order valence-electron chi connectivity index (χ3n) is 21.0. The number of phenols is 2. The van der Waals surface area contributed by atoms with E-state index in [1.54, 1.807) is 111 Å². The van der Waals surface area contributed by atoms with Gasteiger partial charge in [0.15, 0.2) is 34.9 Å². The van der Waals surface area contributed by atoms with E-state index < -0.39 is 35.8 Å². The molecule has 12 aromatic heterocycles. The molecule has 0 atom stereocenters. The predicted octanol–water partition coefficient (Wildman–Crippen LogP) is 17.2. The lowest BCUT2D eigenvalue weighted by Crippen LogP contribution is -2.06. The van der Waals surface area contributed by atoms with E-state index in [2.05, 4.69) is 88.7 Å². The molecular weight excluding hydrogens is 1750 g/mol. The van der Waals surface area contributed by atoms with Crippen molar-refractivity contribution < 1.29 is 73.6 Å². The fraction of sp³-hybridized carbons (Fsp3) is 0.0707. The van der Waals surface area contributed by atoms with Gasteiger partial charge in [-0.2, -0.15) is 30.6 Å². The Morgan fingerprint density at radius 2 is 0.644 bits per heavy atom. The number of hydrogen-bond acceptors (Lipinski definition) is 23. The first-order valence-electron chi connectivity index (χ1n) is 40.9. The highest BCUT2D eigenvalue weighted by molar-refractivity contribution is 6.32. The number of carboxylic acids is 5. The van der Waals surface area contributed by atoms with E-state index in [9.17, 15) is 43.4 Å². The molecule has 0 saturated heterocycles. The summed E-state index contributed by atoms with van der Waals surface area (Å²) in [6, 6.07) is 61.8. The molecule has 36 heteroatoms. The number of aryl methyl sites for hydroxylation is 4. The molecule has 34 nitrogen and oxygen atoms in total. The van der Waals surface area contributed by atoms with Crippen molar-refractivity contribution in [3.05, 3.63) is 381 Å². The van der Waals surface area contributed by atoms with Crippen LogP contribution in [-0.4, -0.2) is 180 Å². The third-order valence-corrected chi connectivity index (χ3v) is 21.3. The number of nitrogens with zero attached hydrogens (tertiary/aromatic N) is 20. The minimum Gasteiger partial charge on any atom is -0.508 e. The molecule has 2 aliphatic heterocycles. The average Bonchev–Trinajstić information content (AvgIpc) is 1.67. The Morgan fingerprint density at radius 1 is 0.326 bits per heavy atom. The van der Waals surface area contributed by atoms with E-state index in [0.29, 0.717) is 70.5 Å². The SMILES string of the molecule is COC(=O)c1ccnc(-n2nccc2-c2ccc3c(c2)CN=C3)c1.Cc1ccc(-c2ccnn2-c2cc(C(=O)O)ccn2)cc1O.Cc1cnn(-c2cc(C(=O)O)ccn2)c1-c1ccc(Cl)c(O)c1.Cc1cnn(-c2cc(C(=O)O)ccn2)c1-c1ccc(F)cc1.Cc1cnn(-c2cc(C(=O)O)ccn2)c1-c1ccccc1.O=C(O)c1ccnc(-n2nccc2-c2ccc3c(c2)CN=C3)c1. The number of methoxy groups -OCH3 is 1. The Morgan fingerprint density at radius 3 is 1.01 bits per heavy atom. The maximum atomic E-state index is 13.1. The van der Waals surface area contributed by atoms with Crippen LogP contribution in [0.2, 0.25) is 5.02 Å². The third kappa shape index (κ3) is 20.9. The Balaban J connectivity index is 0.000000123. The monoisotopic (exact) mass is 1820 g/mol. The van der Waals surface area contributed by atoms with Crippen LogP contribution >= 0.6 is 11.6 Å². The molecule has 20 rings (SSSR count). The van der Waals surface area contributed by atoms with Gasteiger partial charge in [0, 0.05) is 83.0 Å². The van der Waals surface area contributed by atoms with Crippen molar-refractivity contribution >= 4 is 59.8 Å². The molecule has 0 spiro atoms. The van der Waals surface area contributed by atoms with Crippen LogP contribution in [0.4, 0.5) is 4.39 Å². The number of ether oxygens (including phenoxy) is 1. The minimum absolute atomic E-state index is 0.0384. The van der Waals surface area contributed by atoms with E-state index in [0.717, 1.165) is 84.0 Å². The maximum Gasteiger partial charge on any atom is 0.338 e. The number of phenolic OH excluding ortho intramolecular Hbond substituents is 2. The smallest absolute Gasteiger partial charge is 0.338 e. The molecule has 0 radical (unpaired) electrons. The van der Waals surface area contributed by atoms with Crippen LogP contribution in [-0.2, 0) is 17.8 Å². The number of aromatic carboxylic acids is 5. The number of pyridine rings is 6. The molecule has 7 N–H and O–H groups in total. The summed E-state index contributed by atoms with van der Waals surface area (Å²) in [4.78, 5) is 101. The lowest BCUT2D eigenvalue weighted by Gasteiger charge is -2.09. The van der Waals surface area contributed by atoms with Crippen LogP contribution in [0.3, 0.4) is 0 Å². The van der Waals surface area contributed by atoms with E-state index >= 15 is 0 Å². The van der Waals surface area contributed by atoms with Gasteiger partial charge in [-0.25, -0.2) is 91.2 Å². The molecule has 670 valence electrons. The quantitative estimate of drug-likeness (QED) is 0.0392. The molecule has 0 aliphatic carbocycles. The number of carbonyl (C=O) groups is 6. The standard InChI is InChI=1S/C18H14N4O2.C17H12N4O2.C16H12ClN3O3.C16H12FN3O2.C16H13N3O3.C16H13N3O2/c1-24-18(23)13-4-6-20-17(9-13)22-16(5-7-21-22)12-2-3-14-10-19-11-15(14)8-12;22-17(23)12-3-5-19-16(8-12)21-15(4-6-20-21)11-1-2-13-9-18-10-14(13)7-11;1-9-8-19-20(14-7-11(16(22)23)4-5-18-14)15(9)10-2-3-12(17)13(21)6-10;1-10-9-19-20(14-8-12(16(21)22)6-7-18-14)15(10)11-2-4-13(17)5-3-11;1-10-2-3-11(8-14(10)20)13-5-7-18-19(13)15-9-12(16(21)22)4-6-17-15;1-11-10-18-19(15(11)12-5-3-2-4-6-12)14-9-13(16(20)21)7-8-17-14/h2-10H,11H2,1H3;1-9H,10H2,(H,22,23);2-8,21H,1H3,(H,22,23);2-9H,1H3,(H,21,22);2-9,20H,1H3,(H,21,22);2-10H,1H3,(H,20,21). The van der Waals surface area contributed by atoms with Crippen LogP contribution in [0, 0.1) is 33.5 Å². The minimum atomic E-state index is -1.04. The summed E-state index contributed by atoms with van der Waals surface area (Å²) in [5.41, 5.74) is 19.4. The highest BCUT2D eigenvalue weighted by Gasteiger charge is 2.23. The first-order chi connectivity index (χ1) is 65.2. The average molecular weight is 1820 g/mol. The summed E-state index contributed by atoms with van der Waals surface area (Å²) < 4.78 is 27.5. The highest BCUT2D eigenvalue weighted by Crippen LogP contribution is 2.36. The van der Waals surface area contributed by atoms with E-state index in [1.165, 1.54) is 137 Å². The zero-order valence-corrected chi connectivity index (χ0v) is 72.7. The van der Waals surface area contributed by atoms with Gasteiger partial charge in [0.25, 0.3) is 0 Å². The molecule has 18 aromatic rings. The first kappa shape index (κ1) is 91.2. The molecular formula is C99H76ClFN20O14. The number of aromatic hydroxyl groups is 2. The van der Waals surface area contributed by atoms with Gasteiger partial charge in [0.05, 0.1) is 130 Å². The molecule has 0 amide bonds. The molecule has 0 bridgehead atoms. The molecule has 6 aromatic carbocycles. The van der Waals surface area contributed by atoms with Gasteiger partial charge >= 0.3 is 35.8 Å². The van der Waals surface area contributed by atoms with Gasteiger partial charge in [-0.15, -0.1) is 0 Å². The summed E-state index contributed by atoms with van der Waals surface area (Å²) in [6.45, 7) is 8.91. The zero-order chi connectivity index (χ0) is 95.1. The highest BCUT2D eigenvalue weighted by atomic mass is 35.5. The molecule has 0 unspecified atom stereocenters. The van der Waals surface area contributed by atoms with Crippen molar-refractivity contribution in [2.75, 3.05) is 7.11 Å². The second-order valence-electron chi connectivity index (χ2n) is 29.9. The summed E-state index contributed by atoms with van der Waals surface area (Å²) in [7, 11) is 1.36. The number of carbonyl (C=O) groups excluding carboxylic acids is 1. The number of aliphatic imine (C=N–C) groups is 2. The fourth-order valence-electron chi connectivity index (χ4n) is 14.3. The number of carboxylic acid groups (broad SMARTS) is 5. The van der Waals surface area contributed by atoms with E-state index in [1.807, 2.05) is 113 Å². The van der Waals surface area contributed by atoms with Crippen molar-refractivity contribution in [2.24, 2.45) is 9.98 Å². The van der Waals surface area contributed by atoms with Gasteiger partial charge in [-0.05, 0) is 218 Å². The largest absolute Gasteiger partial charge is 0.508 e.